The Morgan fingerprint density at radius 1 is 0.260 bits per heavy atom. The third-order valence-electron chi connectivity index (χ3n) is 15.2. The number of hydrogen-bond acceptors (Lipinski definition) is 5. The number of unbranched alkanes of at least 4 members (excludes halogenated alkanes) is 34. The van der Waals surface area contributed by atoms with Gasteiger partial charge in [0.15, 0.2) is 0 Å². The van der Waals surface area contributed by atoms with Crippen LogP contribution in [0.2, 0.25) is 0 Å². The van der Waals surface area contributed by atoms with Gasteiger partial charge in [-0.15, -0.1) is 0 Å². The van der Waals surface area contributed by atoms with Gasteiger partial charge in [-0.3, -0.25) is 14.4 Å². The molecule has 456 valence electrons. The molecule has 0 atom stereocenters. The quantitative estimate of drug-likeness (QED) is 0.0465. The molecule has 8 heteroatoms. The highest BCUT2D eigenvalue weighted by Crippen LogP contribution is 2.16. The normalized spacial score (nSPS) is 11.5. The Labute approximate surface area is 482 Å². The SMILES string of the molecule is C.C.CCCCCCCC/C=C\CCCCCCCC(=O)N(CCCN)CCCCN(CCCN(CCCN)C(=O)CCCCCCC/C=C\CCCCCCCC)C(=O)CCCCCCC/C=C\CCCCCCCC. The molecule has 0 spiro atoms. The van der Waals surface area contributed by atoms with Crippen LogP contribution in [0.25, 0.3) is 0 Å². The summed E-state index contributed by atoms with van der Waals surface area (Å²) in [5.74, 6) is 0.722. The highest BCUT2D eigenvalue weighted by Gasteiger charge is 2.18. The van der Waals surface area contributed by atoms with Crippen molar-refractivity contribution >= 4 is 17.7 Å². The minimum absolute atomic E-state index is 0. The Hall–Kier alpha value is -2.45. The molecule has 0 unspecified atom stereocenters. The van der Waals surface area contributed by atoms with Crippen LogP contribution in [-0.4, -0.2) is 84.8 Å². The summed E-state index contributed by atoms with van der Waals surface area (Å²) in [4.78, 5) is 46.9. The molecule has 0 aromatic rings. The summed E-state index contributed by atoms with van der Waals surface area (Å²) in [6.45, 7) is 12.1. The van der Waals surface area contributed by atoms with Crippen LogP contribution in [0.15, 0.2) is 36.5 Å². The molecule has 0 fully saturated rings. The summed E-state index contributed by atoms with van der Waals surface area (Å²) < 4.78 is 0. The lowest BCUT2D eigenvalue weighted by molar-refractivity contribution is -0.133. The van der Waals surface area contributed by atoms with Gasteiger partial charge in [0.2, 0.25) is 17.7 Å². The predicted molar refractivity (Wildman–Crippen MR) is 343 cm³/mol. The van der Waals surface area contributed by atoms with Gasteiger partial charge in [0.05, 0.1) is 0 Å². The van der Waals surface area contributed by atoms with Gasteiger partial charge in [-0.2, -0.15) is 0 Å². The lowest BCUT2D eigenvalue weighted by Crippen LogP contribution is -2.38. The smallest absolute Gasteiger partial charge is 0.222 e. The first-order chi connectivity index (χ1) is 36.9. The molecule has 0 radical (unpaired) electrons. The van der Waals surface area contributed by atoms with Crippen molar-refractivity contribution in [1.29, 1.82) is 0 Å². The van der Waals surface area contributed by atoms with E-state index < -0.39 is 0 Å². The molecule has 0 rings (SSSR count). The van der Waals surface area contributed by atoms with E-state index in [1.165, 1.54) is 205 Å². The van der Waals surface area contributed by atoms with Crippen LogP contribution >= 0.6 is 0 Å². The molecule has 0 saturated heterocycles. The highest BCUT2D eigenvalue weighted by atomic mass is 16.2. The van der Waals surface area contributed by atoms with Crippen LogP contribution in [0.5, 0.6) is 0 Å². The average molecular weight is 1080 g/mol. The topological polar surface area (TPSA) is 113 Å². The summed E-state index contributed by atoms with van der Waals surface area (Å²) in [5.41, 5.74) is 11.9. The Morgan fingerprint density at radius 3 is 0.688 bits per heavy atom. The number of rotatable bonds is 60. The monoisotopic (exact) mass is 1080 g/mol. The number of hydrogen-bond donors (Lipinski definition) is 2. The van der Waals surface area contributed by atoms with Gasteiger partial charge in [0.1, 0.15) is 0 Å². The van der Waals surface area contributed by atoms with Crippen molar-refractivity contribution < 1.29 is 14.4 Å². The summed E-state index contributed by atoms with van der Waals surface area (Å²) in [7, 11) is 0. The van der Waals surface area contributed by atoms with E-state index in [2.05, 4.69) is 62.1 Å². The number of nitrogens with two attached hydrogens (primary N) is 2. The Bertz CT molecular complexity index is 1300. The molecule has 0 aromatic heterocycles. The van der Waals surface area contributed by atoms with Gasteiger partial charge >= 0.3 is 0 Å². The third kappa shape index (κ3) is 56.6. The number of carbonyl (C=O) groups is 3. The van der Waals surface area contributed by atoms with Crippen molar-refractivity contribution in [1.82, 2.24) is 14.7 Å². The van der Waals surface area contributed by atoms with Crippen LogP contribution in [0.4, 0.5) is 0 Å². The molecule has 3 amide bonds. The summed E-state index contributed by atoms with van der Waals surface area (Å²) in [6, 6.07) is 0. The number of nitrogens with zero attached hydrogens (tertiary/aromatic N) is 3. The largest absolute Gasteiger partial charge is 0.343 e. The van der Waals surface area contributed by atoms with E-state index in [1.54, 1.807) is 0 Å². The molecule has 0 heterocycles. The van der Waals surface area contributed by atoms with Gasteiger partial charge in [0.25, 0.3) is 0 Å². The van der Waals surface area contributed by atoms with Crippen LogP contribution < -0.4 is 11.5 Å². The van der Waals surface area contributed by atoms with Gasteiger partial charge in [-0.25, -0.2) is 0 Å². The molecule has 0 aliphatic carbocycles. The summed E-state index contributed by atoms with van der Waals surface area (Å²) in [5, 5.41) is 0. The van der Waals surface area contributed by atoms with E-state index in [0.717, 1.165) is 83.6 Å². The molecule has 77 heavy (non-hydrogen) atoms. The van der Waals surface area contributed by atoms with Gasteiger partial charge < -0.3 is 26.2 Å². The van der Waals surface area contributed by atoms with Crippen molar-refractivity contribution in [2.75, 3.05) is 52.4 Å². The Balaban J connectivity index is -0.0000274. The maximum absolute atomic E-state index is 13.9. The van der Waals surface area contributed by atoms with Gasteiger partial charge in [0, 0.05) is 58.5 Å². The van der Waals surface area contributed by atoms with E-state index in [0.29, 0.717) is 65.1 Å². The lowest BCUT2D eigenvalue weighted by Gasteiger charge is -2.27. The average Bonchev–Trinajstić information content (AvgIpc) is 3.41. The molecule has 0 aliphatic heterocycles. The zero-order chi connectivity index (χ0) is 54.6. The fourth-order valence-electron chi connectivity index (χ4n) is 10.2. The van der Waals surface area contributed by atoms with Crippen molar-refractivity contribution in [3.63, 3.8) is 0 Å². The van der Waals surface area contributed by atoms with Gasteiger partial charge in [-0.1, -0.05) is 226 Å². The first kappa shape index (κ1) is 78.8. The van der Waals surface area contributed by atoms with E-state index >= 15 is 0 Å². The van der Waals surface area contributed by atoms with Crippen LogP contribution in [0, 0.1) is 0 Å². The highest BCUT2D eigenvalue weighted by molar-refractivity contribution is 5.77. The van der Waals surface area contributed by atoms with E-state index in [1.807, 2.05) is 9.80 Å². The molecule has 4 N–H and O–H groups in total. The lowest BCUT2D eigenvalue weighted by atomic mass is 10.1. The minimum atomic E-state index is 0. The molecule has 8 nitrogen and oxygen atoms in total. The fourth-order valence-corrected chi connectivity index (χ4v) is 10.2. The Morgan fingerprint density at radius 2 is 0.455 bits per heavy atom. The fraction of sp³-hybridized carbons (Fsp3) is 0.870. The molecule has 0 aromatic carbocycles. The maximum Gasteiger partial charge on any atom is 0.222 e. The van der Waals surface area contributed by atoms with E-state index in [4.69, 9.17) is 11.5 Å². The number of carbonyl (C=O) groups excluding carboxylic acids is 3. The molecular weight excluding hydrogens is 947 g/mol. The van der Waals surface area contributed by atoms with Crippen LogP contribution in [0.3, 0.4) is 0 Å². The summed E-state index contributed by atoms with van der Waals surface area (Å²) >= 11 is 0. The van der Waals surface area contributed by atoms with Crippen LogP contribution in [-0.2, 0) is 14.4 Å². The van der Waals surface area contributed by atoms with Gasteiger partial charge in [-0.05, 0) is 142 Å². The number of allylic oxidation sites excluding steroid dienone is 6. The minimum Gasteiger partial charge on any atom is -0.343 e. The standard InChI is InChI=1S/C67H129N5O3.2CH4/c1-4-7-10-13-16-19-22-25-28-31-34-37-40-43-46-54-65(73)70(61-51-57-68)59-49-50-60-71(66(74)55-47-44-41-38-35-32-29-26-23-20-17-14-11-8-5-2)63-53-64-72(62-52-58-69)67(75)56-48-45-42-39-36-33-30-27-24-21-18-15-12-9-6-3;;/h25-30H,4-24,31-64,68-69H2,1-3H3;2*1H4/b28-25-,29-26-,30-27-;;. The van der Waals surface area contributed by atoms with Crippen molar-refractivity contribution in [3.05, 3.63) is 36.5 Å². The molecule has 0 aliphatic rings. The van der Waals surface area contributed by atoms with Crippen molar-refractivity contribution in [2.24, 2.45) is 11.5 Å². The molecular formula is C69H137N5O3. The maximum atomic E-state index is 13.9. The van der Waals surface area contributed by atoms with E-state index in [-0.39, 0.29) is 32.6 Å². The second-order valence-electron chi connectivity index (χ2n) is 22.5. The third-order valence-corrected chi connectivity index (χ3v) is 15.2. The second kappa shape index (κ2) is 66.1. The predicted octanol–water partition coefficient (Wildman–Crippen LogP) is 19.7. The summed E-state index contributed by atoms with van der Waals surface area (Å²) in [6.07, 6.45) is 68.9. The van der Waals surface area contributed by atoms with Crippen molar-refractivity contribution in [3.8, 4) is 0 Å². The molecule has 0 saturated carbocycles. The second-order valence-corrected chi connectivity index (χ2v) is 22.5. The zero-order valence-corrected chi connectivity index (χ0v) is 50.6. The number of amides is 3. The van der Waals surface area contributed by atoms with Crippen LogP contribution in [0.1, 0.15) is 337 Å². The Kier molecular flexibility index (Phi) is 67.6. The van der Waals surface area contributed by atoms with Crippen molar-refractivity contribution in [2.45, 2.75) is 337 Å². The first-order valence-corrected chi connectivity index (χ1v) is 33.1. The zero-order valence-electron chi connectivity index (χ0n) is 50.6. The first-order valence-electron chi connectivity index (χ1n) is 33.1. The molecule has 0 bridgehead atoms. The van der Waals surface area contributed by atoms with E-state index in [9.17, 15) is 14.4 Å².